The summed E-state index contributed by atoms with van der Waals surface area (Å²) >= 11 is 0. The highest BCUT2D eigenvalue weighted by molar-refractivity contribution is 5.04. The highest BCUT2D eigenvalue weighted by Gasteiger charge is 2.38. The highest BCUT2D eigenvalue weighted by atomic mass is 16.5. The van der Waals surface area contributed by atoms with E-state index in [1.54, 1.807) is 6.26 Å². The summed E-state index contributed by atoms with van der Waals surface area (Å²) in [5, 5.41) is 0. The van der Waals surface area contributed by atoms with Gasteiger partial charge in [0.05, 0.1) is 11.9 Å². The molecule has 0 bridgehead atoms. The predicted molar refractivity (Wildman–Crippen MR) is 72.4 cm³/mol. The quantitative estimate of drug-likeness (QED) is 0.817. The van der Waals surface area contributed by atoms with Crippen molar-refractivity contribution in [1.29, 1.82) is 0 Å². The van der Waals surface area contributed by atoms with E-state index in [0.717, 1.165) is 31.6 Å². The van der Waals surface area contributed by atoms with E-state index in [2.05, 4.69) is 6.92 Å². The first-order valence-corrected chi connectivity index (χ1v) is 7.19. The second kappa shape index (κ2) is 6.39. The number of furan rings is 1. The number of ether oxygens (including phenoxy) is 1. The highest BCUT2D eigenvalue weighted by Crippen LogP contribution is 2.34. The molecule has 18 heavy (non-hydrogen) atoms. The Bertz CT molecular complexity index is 326. The number of rotatable bonds is 5. The fourth-order valence-electron chi connectivity index (χ4n) is 3.07. The van der Waals surface area contributed by atoms with Crippen molar-refractivity contribution in [3.05, 3.63) is 24.2 Å². The molecule has 1 aliphatic rings. The van der Waals surface area contributed by atoms with Crippen LogP contribution in [0.4, 0.5) is 0 Å². The van der Waals surface area contributed by atoms with Crippen molar-refractivity contribution in [3.63, 3.8) is 0 Å². The summed E-state index contributed by atoms with van der Waals surface area (Å²) < 4.78 is 11.5. The molecule has 2 N–H and O–H groups in total. The third-order valence-corrected chi connectivity index (χ3v) is 4.06. The average molecular weight is 251 g/mol. The lowest BCUT2D eigenvalue weighted by Gasteiger charge is -2.38. The van der Waals surface area contributed by atoms with Gasteiger partial charge in [0.1, 0.15) is 5.76 Å². The van der Waals surface area contributed by atoms with Gasteiger partial charge in [0.2, 0.25) is 0 Å². The van der Waals surface area contributed by atoms with Crippen molar-refractivity contribution in [3.8, 4) is 0 Å². The minimum Gasteiger partial charge on any atom is -0.469 e. The summed E-state index contributed by atoms with van der Waals surface area (Å²) in [4.78, 5) is 0. The zero-order chi connectivity index (χ0) is 12.8. The van der Waals surface area contributed by atoms with Crippen LogP contribution in [0.3, 0.4) is 0 Å². The molecule has 0 amide bonds. The number of hydrogen-bond acceptors (Lipinski definition) is 3. The number of nitrogens with two attached hydrogens (primary N) is 1. The molecular weight excluding hydrogens is 226 g/mol. The fraction of sp³-hybridized carbons (Fsp3) is 0.733. The Hall–Kier alpha value is -0.800. The van der Waals surface area contributed by atoms with Gasteiger partial charge in [-0.15, -0.1) is 0 Å². The molecule has 2 rings (SSSR count). The van der Waals surface area contributed by atoms with Crippen molar-refractivity contribution in [2.24, 2.45) is 5.73 Å². The van der Waals surface area contributed by atoms with Crippen molar-refractivity contribution in [1.82, 2.24) is 0 Å². The largest absolute Gasteiger partial charge is 0.469 e. The molecule has 0 spiro atoms. The molecule has 1 atom stereocenters. The van der Waals surface area contributed by atoms with Crippen molar-refractivity contribution in [2.45, 2.75) is 63.5 Å². The molecule has 1 aliphatic carbocycles. The Kier molecular flexibility index (Phi) is 4.84. The standard InChI is InChI=1S/C15H25NO2/c1-2-18-15(9-5-3-4-6-10-15)14(16)12-13-8-7-11-17-13/h7-8,11,14H,2-6,9-10,12,16H2,1H3. The monoisotopic (exact) mass is 251 g/mol. The Morgan fingerprint density at radius 2 is 2.06 bits per heavy atom. The average Bonchev–Trinajstić information content (AvgIpc) is 2.74. The molecule has 1 aromatic heterocycles. The molecule has 0 aliphatic heterocycles. The van der Waals surface area contributed by atoms with Gasteiger partial charge in [0.25, 0.3) is 0 Å². The molecule has 0 radical (unpaired) electrons. The van der Waals surface area contributed by atoms with E-state index in [-0.39, 0.29) is 11.6 Å². The van der Waals surface area contributed by atoms with Gasteiger partial charge < -0.3 is 14.9 Å². The maximum atomic E-state index is 6.45. The van der Waals surface area contributed by atoms with Crippen LogP contribution in [-0.4, -0.2) is 18.2 Å². The lowest BCUT2D eigenvalue weighted by Crippen LogP contribution is -2.51. The van der Waals surface area contributed by atoms with Gasteiger partial charge in [0, 0.05) is 19.1 Å². The normalized spacial score (nSPS) is 21.4. The minimum atomic E-state index is -0.141. The Morgan fingerprint density at radius 1 is 1.33 bits per heavy atom. The zero-order valence-electron chi connectivity index (χ0n) is 11.4. The first-order valence-electron chi connectivity index (χ1n) is 7.19. The second-order valence-electron chi connectivity index (χ2n) is 5.30. The molecule has 1 aromatic rings. The Balaban J connectivity index is 2.06. The van der Waals surface area contributed by atoms with E-state index < -0.39 is 0 Å². The van der Waals surface area contributed by atoms with Crippen molar-refractivity contribution < 1.29 is 9.15 Å². The first-order chi connectivity index (χ1) is 8.77. The lowest BCUT2D eigenvalue weighted by molar-refractivity contribution is -0.0691. The van der Waals surface area contributed by atoms with Crippen LogP contribution in [0, 0.1) is 0 Å². The van der Waals surface area contributed by atoms with E-state index in [0.29, 0.717) is 0 Å². The van der Waals surface area contributed by atoms with Gasteiger partial charge in [-0.3, -0.25) is 0 Å². The maximum Gasteiger partial charge on any atom is 0.105 e. The second-order valence-corrected chi connectivity index (χ2v) is 5.30. The third-order valence-electron chi connectivity index (χ3n) is 4.06. The maximum absolute atomic E-state index is 6.45. The summed E-state index contributed by atoms with van der Waals surface area (Å²) in [5.41, 5.74) is 6.30. The van der Waals surface area contributed by atoms with Gasteiger partial charge >= 0.3 is 0 Å². The van der Waals surface area contributed by atoms with Crippen LogP contribution in [0.5, 0.6) is 0 Å². The van der Waals surface area contributed by atoms with E-state index >= 15 is 0 Å². The molecule has 0 saturated heterocycles. The van der Waals surface area contributed by atoms with Crippen LogP contribution in [0.2, 0.25) is 0 Å². The van der Waals surface area contributed by atoms with Crippen LogP contribution in [0.25, 0.3) is 0 Å². The smallest absolute Gasteiger partial charge is 0.105 e. The molecule has 1 fully saturated rings. The predicted octanol–water partition coefficient (Wildman–Crippen LogP) is 3.28. The van der Waals surface area contributed by atoms with E-state index in [9.17, 15) is 0 Å². The van der Waals surface area contributed by atoms with Crippen LogP contribution >= 0.6 is 0 Å². The molecule has 3 nitrogen and oxygen atoms in total. The lowest BCUT2D eigenvalue weighted by atomic mass is 9.84. The molecule has 1 saturated carbocycles. The Labute approximate surface area is 110 Å². The molecule has 0 aromatic carbocycles. The van der Waals surface area contributed by atoms with E-state index in [1.807, 2.05) is 12.1 Å². The van der Waals surface area contributed by atoms with Crippen molar-refractivity contribution in [2.75, 3.05) is 6.61 Å². The van der Waals surface area contributed by atoms with Crippen LogP contribution in [0.15, 0.2) is 22.8 Å². The van der Waals surface area contributed by atoms with Crippen LogP contribution in [0.1, 0.15) is 51.2 Å². The zero-order valence-corrected chi connectivity index (χ0v) is 11.4. The van der Waals surface area contributed by atoms with Gasteiger partial charge in [0.15, 0.2) is 0 Å². The number of hydrogen-bond donors (Lipinski definition) is 1. The summed E-state index contributed by atoms with van der Waals surface area (Å²) in [7, 11) is 0. The summed E-state index contributed by atoms with van der Waals surface area (Å²) in [5.74, 6) is 0.964. The molecule has 102 valence electrons. The van der Waals surface area contributed by atoms with Gasteiger partial charge in [-0.25, -0.2) is 0 Å². The summed E-state index contributed by atoms with van der Waals surface area (Å²) in [6.45, 7) is 2.80. The minimum absolute atomic E-state index is 0.0294. The third kappa shape index (κ3) is 3.15. The molecule has 1 unspecified atom stereocenters. The SMILES string of the molecule is CCOC1(C(N)Cc2ccco2)CCCCCC1. The van der Waals surface area contributed by atoms with Crippen LogP contribution < -0.4 is 5.73 Å². The Morgan fingerprint density at radius 3 is 2.61 bits per heavy atom. The van der Waals surface area contributed by atoms with Gasteiger partial charge in [-0.05, 0) is 31.9 Å². The fourth-order valence-corrected chi connectivity index (χ4v) is 3.07. The van der Waals surface area contributed by atoms with Gasteiger partial charge in [-0.2, -0.15) is 0 Å². The molecule has 1 heterocycles. The topological polar surface area (TPSA) is 48.4 Å². The van der Waals surface area contributed by atoms with Gasteiger partial charge in [-0.1, -0.05) is 25.7 Å². The van der Waals surface area contributed by atoms with E-state index in [4.69, 9.17) is 14.9 Å². The van der Waals surface area contributed by atoms with Crippen LogP contribution in [-0.2, 0) is 11.2 Å². The summed E-state index contributed by atoms with van der Waals surface area (Å²) in [6.07, 6.45) is 9.73. The summed E-state index contributed by atoms with van der Waals surface area (Å²) in [6, 6.07) is 3.94. The molecule has 3 heteroatoms. The first kappa shape index (κ1) is 13.6. The van der Waals surface area contributed by atoms with E-state index in [1.165, 1.54) is 25.7 Å². The molecular formula is C15H25NO2. The van der Waals surface area contributed by atoms with Crippen molar-refractivity contribution >= 4 is 0 Å².